The first-order chi connectivity index (χ1) is 6.88. The Bertz CT molecular complexity index is 96.3. The van der Waals surface area contributed by atoms with Crippen LogP contribution in [0.5, 0.6) is 0 Å². The molecule has 2 heteroatoms. The molecular formula is C12H29NO. The molecule has 0 aliphatic carbocycles. The second-order valence-electron chi connectivity index (χ2n) is 2.88. The van der Waals surface area contributed by atoms with E-state index < -0.39 is 0 Å². The third-order valence-electron chi connectivity index (χ3n) is 2.26. The zero-order valence-electron chi connectivity index (χ0n) is 11.0. The molecule has 1 fully saturated rings. The van der Waals surface area contributed by atoms with Gasteiger partial charge >= 0.3 is 0 Å². The van der Waals surface area contributed by atoms with Crippen LogP contribution in [0.25, 0.3) is 0 Å². The van der Waals surface area contributed by atoms with Gasteiger partial charge in [0.15, 0.2) is 0 Å². The second-order valence-corrected chi connectivity index (χ2v) is 2.88. The molecule has 0 saturated carbocycles. The summed E-state index contributed by atoms with van der Waals surface area (Å²) in [7, 11) is 1.78. The van der Waals surface area contributed by atoms with Crippen molar-refractivity contribution in [2.24, 2.45) is 0 Å². The van der Waals surface area contributed by atoms with Gasteiger partial charge < -0.3 is 4.74 Å². The van der Waals surface area contributed by atoms with Gasteiger partial charge in [-0.1, -0.05) is 34.6 Å². The van der Waals surface area contributed by atoms with Crippen molar-refractivity contribution >= 4 is 0 Å². The van der Waals surface area contributed by atoms with Crippen molar-refractivity contribution in [2.45, 2.75) is 53.5 Å². The van der Waals surface area contributed by atoms with E-state index in [2.05, 4.69) is 11.8 Å². The van der Waals surface area contributed by atoms with Gasteiger partial charge in [-0.3, -0.25) is 4.90 Å². The minimum Gasteiger partial charge on any atom is -0.383 e. The number of hydrogen-bond donors (Lipinski definition) is 0. The Morgan fingerprint density at radius 2 is 1.79 bits per heavy atom. The molecule has 1 rings (SSSR count). The highest BCUT2D eigenvalue weighted by atomic mass is 16.5. The Balaban J connectivity index is 0. The maximum absolute atomic E-state index is 5.12. The van der Waals surface area contributed by atoms with E-state index in [1.807, 2.05) is 27.7 Å². The van der Waals surface area contributed by atoms with E-state index in [0.29, 0.717) is 6.04 Å². The van der Waals surface area contributed by atoms with Gasteiger partial charge in [0, 0.05) is 13.2 Å². The topological polar surface area (TPSA) is 12.5 Å². The van der Waals surface area contributed by atoms with Crippen LogP contribution in [0.3, 0.4) is 0 Å². The lowest BCUT2D eigenvalue weighted by Gasteiger charge is -2.21. The molecule has 0 radical (unpaired) electrons. The van der Waals surface area contributed by atoms with Crippen LogP contribution in [0.2, 0.25) is 0 Å². The quantitative estimate of drug-likeness (QED) is 0.698. The zero-order valence-corrected chi connectivity index (χ0v) is 11.0. The van der Waals surface area contributed by atoms with Gasteiger partial charge in [-0.15, -0.1) is 0 Å². The van der Waals surface area contributed by atoms with Crippen LogP contribution in [0, 0.1) is 0 Å². The Morgan fingerprint density at radius 3 is 2.21 bits per heavy atom. The summed E-state index contributed by atoms with van der Waals surface area (Å²) in [6, 6.07) is 0.704. The number of likely N-dealkylation sites (N-methyl/N-ethyl adjacent to an activating group) is 1. The Labute approximate surface area is 90.6 Å². The number of ether oxygens (including phenoxy) is 1. The maximum atomic E-state index is 5.12. The van der Waals surface area contributed by atoms with Crippen molar-refractivity contribution in [1.82, 2.24) is 4.90 Å². The van der Waals surface area contributed by atoms with Crippen LogP contribution in [0.15, 0.2) is 0 Å². The van der Waals surface area contributed by atoms with E-state index in [4.69, 9.17) is 4.74 Å². The monoisotopic (exact) mass is 203 g/mol. The van der Waals surface area contributed by atoms with Crippen molar-refractivity contribution in [2.75, 3.05) is 26.8 Å². The van der Waals surface area contributed by atoms with Crippen molar-refractivity contribution < 1.29 is 4.74 Å². The summed E-state index contributed by atoms with van der Waals surface area (Å²) >= 11 is 0. The fourth-order valence-electron chi connectivity index (χ4n) is 1.69. The number of methoxy groups -OCH3 is 1. The predicted molar refractivity (Wildman–Crippen MR) is 64.8 cm³/mol. The van der Waals surface area contributed by atoms with Crippen LogP contribution in [-0.2, 0) is 4.74 Å². The van der Waals surface area contributed by atoms with Crippen molar-refractivity contribution in [3.05, 3.63) is 0 Å². The van der Waals surface area contributed by atoms with Gasteiger partial charge in [0.2, 0.25) is 0 Å². The van der Waals surface area contributed by atoms with Crippen molar-refractivity contribution in [3.63, 3.8) is 0 Å². The highest BCUT2D eigenvalue weighted by Gasteiger charge is 2.21. The first-order valence-corrected chi connectivity index (χ1v) is 6.11. The van der Waals surface area contributed by atoms with E-state index in [1.54, 1.807) is 7.11 Å². The molecule has 1 atom stereocenters. The van der Waals surface area contributed by atoms with Crippen LogP contribution in [0.1, 0.15) is 47.5 Å². The summed E-state index contributed by atoms with van der Waals surface area (Å²) in [4.78, 5) is 2.49. The average Bonchev–Trinajstić information content (AvgIpc) is 2.72. The molecule has 0 spiro atoms. The maximum Gasteiger partial charge on any atom is 0.0618 e. The van der Waals surface area contributed by atoms with Crippen LogP contribution in [0.4, 0.5) is 0 Å². The molecule has 1 saturated heterocycles. The summed E-state index contributed by atoms with van der Waals surface area (Å²) < 4.78 is 5.12. The lowest BCUT2D eigenvalue weighted by Crippen LogP contribution is -2.32. The lowest BCUT2D eigenvalue weighted by atomic mass is 10.2. The predicted octanol–water partition coefficient (Wildman–Crippen LogP) is 3.17. The third-order valence-corrected chi connectivity index (χ3v) is 2.26. The summed E-state index contributed by atoms with van der Waals surface area (Å²) in [6.07, 6.45) is 2.67. The molecule has 0 amide bonds. The Morgan fingerprint density at radius 1 is 1.21 bits per heavy atom. The molecule has 1 aliphatic rings. The van der Waals surface area contributed by atoms with Gasteiger partial charge in [0.1, 0.15) is 0 Å². The van der Waals surface area contributed by atoms with E-state index in [9.17, 15) is 0 Å². The number of hydrogen-bond acceptors (Lipinski definition) is 2. The standard InChI is InChI=1S/C8H17NO.2C2H6/c1-3-9-6-4-5-8(9)7-10-2;2*1-2/h8H,3-7H2,1-2H3;2*1-2H3. The van der Waals surface area contributed by atoms with E-state index in [1.165, 1.54) is 25.9 Å². The van der Waals surface area contributed by atoms with Gasteiger partial charge in [-0.25, -0.2) is 0 Å². The molecule has 0 N–H and O–H groups in total. The normalized spacial score (nSPS) is 20.6. The van der Waals surface area contributed by atoms with E-state index >= 15 is 0 Å². The van der Waals surface area contributed by atoms with Crippen molar-refractivity contribution in [3.8, 4) is 0 Å². The average molecular weight is 203 g/mol. The van der Waals surface area contributed by atoms with Crippen LogP contribution < -0.4 is 0 Å². The number of nitrogens with zero attached hydrogens (tertiary/aromatic N) is 1. The zero-order chi connectivity index (χ0) is 11.4. The molecule has 14 heavy (non-hydrogen) atoms. The number of likely N-dealkylation sites (tertiary alicyclic amines) is 1. The SMILES string of the molecule is CC.CC.CCN1CCCC1COC. The molecule has 1 unspecified atom stereocenters. The molecule has 0 aromatic carbocycles. The molecule has 88 valence electrons. The molecule has 0 aromatic rings. The van der Waals surface area contributed by atoms with Gasteiger partial charge in [0.25, 0.3) is 0 Å². The summed E-state index contributed by atoms with van der Waals surface area (Å²) in [5.74, 6) is 0. The minimum absolute atomic E-state index is 0.704. The fraction of sp³-hybridized carbons (Fsp3) is 1.00. The van der Waals surface area contributed by atoms with Gasteiger partial charge in [-0.2, -0.15) is 0 Å². The van der Waals surface area contributed by atoms with Gasteiger partial charge in [0.05, 0.1) is 6.61 Å². The largest absolute Gasteiger partial charge is 0.383 e. The van der Waals surface area contributed by atoms with E-state index in [0.717, 1.165) is 6.61 Å². The third kappa shape index (κ3) is 6.39. The number of rotatable bonds is 3. The van der Waals surface area contributed by atoms with Crippen LogP contribution in [-0.4, -0.2) is 37.7 Å². The summed E-state index contributed by atoms with van der Waals surface area (Å²) in [6.45, 7) is 13.6. The first kappa shape index (κ1) is 16.4. The Hall–Kier alpha value is -0.0800. The lowest BCUT2D eigenvalue weighted by molar-refractivity contribution is 0.119. The highest BCUT2D eigenvalue weighted by molar-refractivity contribution is 4.77. The molecule has 2 nitrogen and oxygen atoms in total. The summed E-state index contributed by atoms with van der Waals surface area (Å²) in [5, 5.41) is 0. The van der Waals surface area contributed by atoms with E-state index in [-0.39, 0.29) is 0 Å². The first-order valence-electron chi connectivity index (χ1n) is 6.11. The van der Waals surface area contributed by atoms with Crippen LogP contribution >= 0.6 is 0 Å². The smallest absolute Gasteiger partial charge is 0.0618 e. The van der Waals surface area contributed by atoms with Gasteiger partial charge in [-0.05, 0) is 25.9 Å². The highest BCUT2D eigenvalue weighted by Crippen LogP contribution is 2.15. The summed E-state index contributed by atoms with van der Waals surface area (Å²) in [5.41, 5.74) is 0. The molecule has 0 bridgehead atoms. The van der Waals surface area contributed by atoms with Crippen molar-refractivity contribution in [1.29, 1.82) is 0 Å². The second kappa shape index (κ2) is 12.9. The molecule has 0 aromatic heterocycles. The molecular weight excluding hydrogens is 174 g/mol. The minimum atomic E-state index is 0.704. The fourth-order valence-corrected chi connectivity index (χ4v) is 1.69. The Kier molecular flexibility index (Phi) is 15.1. The molecule has 1 heterocycles. The molecule has 1 aliphatic heterocycles.